The zero-order valence-electron chi connectivity index (χ0n) is 10.3. The van der Waals surface area contributed by atoms with Gasteiger partial charge in [-0.1, -0.05) is 23.8 Å². The van der Waals surface area contributed by atoms with Crippen molar-refractivity contribution in [3.05, 3.63) is 55.2 Å². The number of aryl methyl sites for hydroxylation is 3. The molecule has 2 aromatic rings. The van der Waals surface area contributed by atoms with Crippen LogP contribution in [0.15, 0.2) is 28.1 Å². The molecule has 2 N–H and O–H groups in total. The third kappa shape index (κ3) is 2.62. The van der Waals surface area contributed by atoms with Crippen LogP contribution in [0.2, 0.25) is 0 Å². The molecule has 0 aliphatic heterocycles. The second kappa shape index (κ2) is 4.92. The van der Waals surface area contributed by atoms with Crippen molar-refractivity contribution in [2.24, 2.45) is 5.73 Å². The molecule has 0 saturated heterocycles. The van der Waals surface area contributed by atoms with E-state index < -0.39 is 0 Å². The highest BCUT2D eigenvalue weighted by molar-refractivity contribution is 9.11. The molecule has 90 valence electrons. The summed E-state index contributed by atoms with van der Waals surface area (Å²) < 4.78 is 1.17. The number of thiophene rings is 1. The van der Waals surface area contributed by atoms with E-state index in [2.05, 4.69) is 61.0 Å². The average molecular weight is 310 g/mol. The number of hydrogen-bond donors (Lipinski definition) is 1. The molecule has 1 atom stereocenters. The Morgan fingerprint density at radius 3 is 2.35 bits per heavy atom. The molecule has 2 rings (SSSR count). The van der Waals surface area contributed by atoms with Gasteiger partial charge in [-0.05, 0) is 59.5 Å². The first-order valence-corrected chi connectivity index (χ1v) is 7.18. The van der Waals surface area contributed by atoms with Gasteiger partial charge in [0.1, 0.15) is 0 Å². The van der Waals surface area contributed by atoms with E-state index in [0.717, 1.165) is 0 Å². The lowest BCUT2D eigenvalue weighted by Crippen LogP contribution is -2.11. The number of hydrogen-bond acceptors (Lipinski definition) is 2. The van der Waals surface area contributed by atoms with E-state index in [1.54, 1.807) is 11.3 Å². The normalized spacial score (nSPS) is 12.8. The summed E-state index contributed by atoms with van der Waals surface area (Å²) >= 11 is 5.27. The minimum absolute atomic E-state index is 0.0226. The SMILES string of the molecule is Cc1ccc(C(N)c2cc(C)c(Br)s2)c(C)c1. The lowest BCUT2D eigenvalue weighted by molar-refractivity contribution is 0.880. The summed E-state index contributed by atoms with van der Waals surface area (Å²) in [5.74, 6) is 0. The van der Waals surface area contributed by atoms with Crippen LogP contribution in [0.4, 0.5) is 0 Å². The van der Waals surface area contributed by atoms with Gasteiger partial charge in [-0.2, -0.15) is 0 Å². The van der Waals surface area contributed by atoms with Crippen LogP contribution in [0.1, 0.15) is 33.2 Å². The van der Waals surface area contributed by atoms with Crippen LogP contribution >= 0.6 is 27.3 Å². The maximum Gasteiger partial charge on any atom is 0.0731 e. The molecule has 1 unspecified atom stereocenters. The van der Waals surface area contributed by atoms with Crippen molar-refractivity contribution < 1.29 is 0 Å². The number of benzene rings is 1. The van der Waals surface area contributed by atoms with E-state index in [1.807, 2.05) is 0 Å². The molecule has 1 nitrogen and oxygen atoms in total. The minimum atomic E-state index is -0.0226. The second-order valence-corrected chi connectivity index (χ2v) is 6.84. The Balaban J connectivity index is 2.39. The minimum Gasteiger partial charge on any atom is -0.320 e. The lowest BCUT2D eigenvalue weighted by atomic mass is 9.98. The van der Waals surface area contributed by atoms with Crippen LogP contribution in [0.5, 0.6) is 0 Å². The molecule has 3 heteroatoms. The molecular weight excluding hydrogens is 294 g/mol. The molecule has 1 aromatic heterocycles. The van der Waals surface area contributed by atoms with Crippen LogP contribution in [0, 0.1) is 20.8 Å². The predicted octanol–water partition coefficient (Wildman–Crippen LogP) is 4.48. The summed E-state index contributed by atoms with van der Waals surface area (Å²) in [6.45, 7) is 6.32. The number of nitrogens with two attached hydrogens (primary N) is 1. The van der Waals surface area contributed by atoms with Gasteiger partial charge in [0, 0.05) is 4.88 Å². The highest BCUT2D eigenvalue weighted by Gasteiger charge is 2.14. The molecular formula is C14H16BrNS. The zero-order chi connectivity index (χ0) is 12.6. The Morgan fingerprint density at radius 1 is 1.12 bits per heavy atom. The highest BCUT2D eigenvalue weighted by Crippen LogP contribution is 2.34. The summed E-state index contributed by atoms with van der Waals surface area (Å²) in [7, 11) is 0. The Labute approximate surface area is 115 Å². The maximum absolute atomic E-state index is 6.34. The lowest BCUT2D eigenvalue weighted by Gasteiger charge is -2.13. The van der Waals surface area contributed by atoms with Gasteiger partial charge in [0.2, 0.25) is 0 Å². The van der Waals surface area contributed by atoms with E-state index in [-0.39, 0.29) is 6.04 Å². The first kappa shape index (κ1) is 12.8. The van der Waals surface area contributed by atoms with Crippen molar-refractivity contribution >= 4 is 27.3 Å². The van der Waals surface area contributed by atoms with E-state index in [9.17, 15) is 0 Å². The van der Waals surface area contributed by atoms with E-state index in [0.29, 0.717) is 0 Å². The van der Waals surface area contributed by atoms with Crippen molar-refractivity contribution in [3.63, 3.8) is 0 Å². The summed E-state index contributed by atoms with van der Waals surface area (Å²) in [5, 5.41) is 0. The third-order valence-corrected chi connectivity index (χ3v) is 5.16. The monoisotopic (exact) mass is 309 g/mol. The van der Waals surface area contributed by atoms with Crippen LogP contribution < -0.4 is 5.73 Å². The van der Waals surface area contributed by atoms with Crippen molar-refractivity contribution in [3.8, 4) is 0 Å². The van der Waals surface area contributed by atoms with Crippen LogP contribution in [-0.2, 0) is 0 Å². The highest BCUT2D eigenvalue weighted by atomic mass is 79.9. The van der Waals surface area contributed by atoms with Crippen LogP contribution in [-0.4, -0.2) is 0 Å². The van der Waals surface area contributed by atoms with Crippen molar-refractivity contribution in [2.75, 3.05) is 0 Å². The number of rotatable bonds is 2. The predicted molar refractivity (Wildman–Crippen MR) is 78.7 cm³/mol. The molecule has 0 radical (unpaired) electrons. The molecule has 0 saturated carbocycles. The maximum atomic E-state index is 6.34. The quantitative estimate of drug-likeness (QED) is 0.869. The fraction of sp³-hybridized carbons (Fsp3) is 0.286. The Hall–Kier alpha value is -0.640. The molecule has 0 fully saturated rings. The van der Waals surface area contributed by atoms with Gasteiger partial charge in [-0.25, -0.2) is 0 Å². The first-order chi connectivity index (χ1) is 7.99. The standard InChI is InChI=1S/C14H16BrNS/c1-8-4-5-11(9(2)6-8)13(16)12-7-10(3)14(15)17-12/h4-7,13H,16H2,1-3H3. The summed E-state index contributed by atoms with van der Waals surface area (Å²) in [4.78, 5) is 1.21. The van der Waals surface area contributed by atoms with E-state index >= 15 is 0 Å². The summed E-state index contributed by atoms with van der Waals surface area (Å²) in [6, 6.07) is 8.59. The molecule has 0 aliphatic rings. The van der Waals surface area contributed by atoms with E-state index in [4.69, 9.17) is 5.73 Å². The van der Waals surface area contributed by atoms with Gasteiger partial charge in [0.25, 0.3) is 0 Å². The third-order valence-electron chi connectivity index (χ3n) is 2.94. The Morgan fingerprint density at radius 2 is 1.82 bits per heavy atom. The topological polar surface area (TPSA) is 26.0 Å². The Bertz CT molecular complexity index is 526. The van der Waals surface area contributed by atoms with Crippen molar-refractivity contribution in [2.45, 2.75) is 26.8 Å². The van der Waals surface area contributed by atoms with Gasteiger partial charge < -0.3 is 5.73 Å². The number of halogens is 1. The fourth-order valence-electron chi connectivity index (χ4n) is 1.96. The molecule has 0 aliphatic carbocycles. The first-order valence-electron chi connectivity index (χ1n) is 5.57. The van der Waals surface area contributed by atoms with Gasteiger partial charge in [0.05, 0.1) is 9.83 Å². The zero-order valence-corrected chi connectivity index (χ0v) is 12.7. The van der Waals surface area contributed by atoms with Gasteiger partial charge in [0.15, 0.2) is 0 Å². The summed E-state index contributed by atoms with van der Waals surface area (Å²) in [5.41, 5.74) is 11.3. The van der Waals surface area contributed by atoms with Crippen LogP contribution in [0.3, 0.4) is 0 Å². The molecule has 1 aromatic carbocycles. The van der Waals surface area contributed by atoms with Gasteiger partial charge in [-0.3, -0.25) is 0 Å². The average Bonchev–Trinajstić information content (AvgIpc) is 2.58. The molecule has 0 spiro atoms. The smallest absolute Gasteiger partial charge is 0.0731 e. The van der Waals surface area contributed by atoms with Gasteiger partial charge >= 0.3 is 0 Å². The van der Waals surface area contributed by atoms with Gasteiger partial charge in [-0.15, -0.1) is 11.3 Å². The van der Waals surface area contributed by atoms with Crippen LogP contribution in [0.25, 0.3) is 0 Å². The molecule has 1 heterocycles. The Kier molecular flexibility index (Phi) is 3.71. The fourth-order valence-corrected chi connectivity index (χ4v) is 3.56. The van der Waals surface area contributed by atoms with Crippen molar-refractivity contribution in [1.82, 2.24) is 0 Å². The molecule has 0 amide bonds. The second-order valence-electron chi connectivity index (χ2n) is 4.44. The largest absolute Gasteiger partial charge is 0.320 e. The summed E-state index contributed by atoms with van der Waals surface area (Å²) in [6.07, 6.45) is 0. The molecule has 17 heavy (non-hydrogen) atoms. The van der Waals surface area contributed by atoms with E-state index in [1.165, 1.54) is 30.9 Å². The van der Waals surface area contributed by atoms with Crippen molar-refractivity contribution in [1.29, 1.82) is 0 Å². The molecule has 0 bridgehead atoms.